The van der Waals surface area contributed by atoms with Crippen molar-refractivity contribution in [3.8, 4) is 11.3 Å². The predicted octanol–water partition coefficient (Wildman–Crippen LogP) is 4.45. The van der Waals surface area contributed by atoms with E-state index < -0.39 is 15.9 Å². The SMILES string of the molecule is CC(C)CCc1cc(-c2ccc(C(=O)NS(=O)(=O)c3cccc(N)n3)c(N3CC(C)CC3(C)C)n2)ccn1. The topological polar surface area (TPSA) is 131 Å². The zero-order chi connectivity index (χ0) is 27.7. The van der Waals surface area contributed by atoms with Gasteiger partial charge in [0.25, 0.3) is 15.9 Å². The van der Waals surface area contributed by atoms with E-state index in [1.54, 1.807) is 18.3 Å². The summed E-state index contributed by atoms with van der Waals surface area (Å²) in [6, 6.07) is 11.6. The van der Waals surface area contributed by atoms with Gasteiger partial charge in [-0.1, -0.05) is 26.8 Å². The van der Waals surface area contributed by atoms with E-state index >= 15 is 0 Å². The number of sulfonamides is 1. The Morgan fingerprint density at radius 2 is 1.95 bits per heavy atom. The van der Waals surface area contributed by atoms with Crippen LogP contribution in [0.15, 0.2) is 53.7 Å². The van der Waals surface area contributed by atoms with Crippen molar-refractivity contribution in [2.45, 2.75) is 64.4 Å². The molecule has 1 unspecified atom stereocenters. The average molecular weight is 537 g/mol. The Balaban J connectivity index is 1.74. The number of nitrogens with two attached hydrogens (primary N) is 1. The molecule has 4 rings (SSSR count). The molecule has 10 heteroatoms. The second kappa shape index (κ2) is 10.7. The molecular formula is C28H36N6O3S. The maximum atomic E-state index is 13.4. The summed E-state index contributed by atoms with van der Waals surface area (Å²) in [4.78, 5) is 28.8. The third-order valence-electron chi connectivity index (χ3n) is 6.79. The van der Waals surface area contributed by atoms with Gasteiger partial charge in [-0.15, -0.1) is 0 Å². The fourth-order valence-corrected chi connectivity index (χ4v) is 5.91. The van der Waals surface area contributed by atoms with Crippen LogP contribution in [0.4, 0.5) is 11.6 Å². The normalized spacial score (nSPS) is 17.1. The summed E-state index contributed by atoms with van der Waals surface area (Å²) in [6.45, 7) is 11.4. The van der Waals surface area contributed by atoms with E-state index in [4.69, 9.17) is 10.7 Å². The van der Waals surface area contributed by atoms with Crippen LogP contribution in [-0.2, 0) is 16.4 Å². The Labute approximate surface area is 225 Å². The number of carbonyl (C=O) groups excluding carboxylic acids is 1. The second-order valence-corrected chi connectivity index (χ2v) is 12.7. The van der Waals surface area contributed by atoms with Crippen molar-refractivity contribution in [1.82, 2.24) is 19.7 Å². The van der Waals surface area contributed by atoms with Gasteiger partial charge in [-0.25, -0.2) is 14.7 Å². The molecule has 1 aliphatic rings. The van der Waals surface area contributed by atoms with Crippen LogP contribution in [0.5, 0.6) is 0 Å². The summed E-state index contributed by atoms with van der Waals surface area (Å²) in [5.74, 6) is 0.679. The van der Waals surface area contributed by atoms with Crippen molar-refractivity contribution in [3.63, 3.8) is 0 Å². The molecule has 0 radical (unpaired) electrons. The van der Waals surface area contributed by atoms with Gasteiger partial charge in [-0.3, -0.25) is 9.78 Å². The standard InChI is InChI=1S/C28H36N6O3S/c1-18(2)9-10-21-15-20(13-14-30-21)23-12-11-22(26(31-23)34-17-19(3)16-28(34,4)5)27(35)33-38(36,37)25-8-6-7-24(29)32-25/h6-8,11-15,18-19H,9-10,16-17H2,1-5H3,(H2,29,32)(H,33,35). The lowest BCUT2D eigenvalue weighted by molar-refractivity contribution is 0.0981. The summed E-state index contributed by atoms with van der Waals surface area (Å²) in [5, 5.41) is -0.321. The summed E-state index contributed by atoms with van der Waals surface area (Å²) in [6.07, 6.45) is 4.59. The molecule has 0 aliphatic carbocycles. The van der Waals surface area contributed by atoms with Gasteiger partial charge in [0.15, 0.2) is 5.03 Å². The van der Waals surface area contributed by atoms with Crippen molar-refractivity contribution >= 4 is 27.6 Å². The molecule has 3 N–H and O–H groups in total. The van der Waals surface area contributed by atoms with Crippen LogP contribution >= 0.6 is 0 Å². The van der Waals surface area contributed by atoms with Crippen LogP contribution in [0, 0.1) is 11.8 Å². The molecular weight excluding hydrogens is 500 g/mol. The highest BCUT2D eigenvalue weighted by Gasteiger charge is 2.39. The molecule has 1 saturated heterocycles. The largest absolute Gasteiger partial charge is 0.384 e. The quantitative estimate of drug-likeness (QED) is 0.432. The maximum Gasteiger partial charge on any atom is 0.281 e. The molecule has 0 bridgehead atoms. The number of nitrogens with one attached hydrogen (secondary N) is 1. The number of carbonyl (C=O) groups is 1. The molecule has 0 spiro atoms. The molecule has 1 fully saturated rings. The summed E-state index contributed by atoms with van der Waals surface area (Å²) in [5.41, 5.74) is 8.14. The van der Waals surface area contributed by atoms with E-state index in [1.807, 2.05) is 12.1 Å². The van der Waals surface area contributed by atoms with Crippen LogP contribution in [0.25, 0.3) is 11.3 Å². The summed E-state index contributed by atoms with van der Waals surface area (Å²) in [7, 11) is -4.24. The number of hydrogen-bond donors (Lipinski definition) is 2. The van der Waals surface area contributed by atoms with Crippen LogP contribution in [0.3, 0.4) is 0 Å². The molecule has 202 valence electrons. The van der Waals surface area contributed by atoms with E-state index in [0.29, 0.717) is 29.9 Å². The fraction of sp³-hybridized carbons (Fsp3) is 0.429. The highest BCUT2D eigenvalue weighted by atomic mass is 32.2. The van der Waals surface area contributed by atoms with Gasteiger partial charge >= 0.3 is 0 Å². The average Bonchev–Trinajstić information content (AvgIpc) is 3.13. The highest BCUT2D eigenvalue weighted by Crippen LogP contribution is 2.38. The number of nitrogens with zero attached hydrogens (tertiary/aromatic N) is 4. The van der Waals surface area contributed by atoms with Gasteiger partial charge in [-0.2, -0.15) is 8.42 Å². The molecule has 0 aromatic carbocycles. The number of amides is 1. The highest BCUT2D eigenvalue weighted by molar-refractivity contribution is 7.90. The molecule has 3 aromatic rings. The molecule has 3 aromatic heterocycles. The minimum absolute atomic E-state index is 0.0463. The van der Waals surface area contributed by atoms with Gasteiger partial charge in [0.1, 0.15) is 11.6 Å². The molecule has 1 atom stereocenters. The van der Waals surface area contributed by atoms with Crippen molar-refractivity contribution in [2.75, 3.05) is 17.2 Å². The number of anilines is 2. The van der Waals surface area contributed by atoms with E-state index in [1.165, 1.54) is 18.2 Å². The summed E-state index contributed by atoms with van der Waals surface area (Å²) < 4.78 is 28.0. The fourth-order valence-electron chi connectivity index (χ4n) is 4.97. The predicted molar refractivity (Wildman–Crippen MR) is 149 cm³/mol. The molecule has 4 heterocycles. The lowest BCUT2D eigenvalue weighted by Gasteiger charge is -2.34. The third kappa shape index (κ3) is 6.12. The number of nitrogen functional groups attached to an aromatic ring is 1. The van der Waals surface area contributed by atoms with Crippen LogP contribution in [-0.4, -0.2) is 41.4 Å². The van der Waals surface area contributed by atoms with Crippen molar-refractivity contribution in [1.29, 1.82) is 0 Å². The van der Waals surface area contributed by atoms with Gasteiger partial charge in [0.05, 0.1) is 11.3 Å². The van der Waals surface area contributed by atoms with E-state index in [9.17, 15) is 13.2 Å². The third-order valence-corrected chi connectivity index (χ3v) is 8.02. The van der Waals surface area contributed by atoms with E-state index in [-0.39, 0.29) is 21.9 Å². The molecule has 38 heavy (non-hydrogen) atoms. The smallest absolute Gasteiger partial charge is 0.281 e. The van der Waals surface area contributed by atoms with Gasteiger partial charge < -0.3 is 10.6 Å². The zero-order valence-electron chi connectivity index (χ0n) is 22.6. The van der Waals surface area contributed by atoms with Gasteiger partial charge in [0.2, 0.25) is 0 Å². The van der Waals surface area contributed by atoms with Crippen LogP contribution < -0.4 is 15.4 Å². The van der Waals surface area contributed by atoms with Crippen molar-refractivity contribution in [3.05, 3.63) is 59.9 Å². The minimum Gasteiger partial charge on any atom is -0.384 e. The Hall–Kier alpha value is -3.53. The monoisotopic (exact) mass is 536 g/mol. The van der Waals surface area contributed by atoms with Gasteiger partial charge in [-0.05, 0) is 81.3 Å². The second-order valence-electron chi connectivity index (χ2n) is 11.1. The Morgan fingerprint density at radius 1 is 1.18 bits per heavy atom. The van der Waals surface area contributed by atoms with Crippen LogP contribution in [0.1, 0.15) is 63.5 Å². The number of hydrogen-bond acceptors (Lipinski definition) is 8. The lowest BCUT2D eigenvalue weighted by atomic mass is 9.97. The molecule has 9 nitrogen and oxygen atoms in total. The molecule has 1 aliphatic heterocycles. The summed E-state index contributed by atoms with van der Waals surface area (Å²) >= 11 is 0. The Morgan fingerprint density at radius 3 is 2.61 bits per heavy atom. The zero-order valence-corrected chi connectivity index (χ0v) is 23.4. The maximum absolute atomic E-state index is 13.4. The first-order chi connectivity index (χ1) is 17.9. The number of aryl methyl sites for hydroxylation is 1. The van der Waals surface area contributed by atoms with Crippen molar-refractivity contribution in [2.24, 2.45) is 11.8 Å². The number of pyridine rings is 3. The first-order valence-corrected chi connectivity index (χ1v) is 14.4. The first kappa shape index (κ1) is 27.5. The van der Waals surface area contributed by atoms with E-state index in [2.05, 4.69) is 54.2 Å². The Kier molecular flexibility index (Phi) is 7.73. The Bertz CT molecular complexity index is 1440. The van der Waals surface area contributed by atoms with Crippen LogP contribution in [0.2, 0.25) is 0 Å². The van der Waals surface area contributed by atoms with E-state index in [0.717, 1.165) is 30.5 Å². The number of aromatic nitrogens is 3. The lowest BCUT2D eigenvalue weighted by Crippen LogP contribution is -2.41. The van der Waals surface area contributed by atoms with Gasteiger partial charge in [0, 0.05) is 29.5 Å². The first-order valence-electron chi connectivity index (χ1n) is 12.9. The number of rotatable bonds is 8. The minimum atomic E-state index is -4.24. The van der Waals surface area contributed by atoms with Crippen molar-refractivity contribution < 1.29 is 13.2 Å². The molecule has 1 amide bonds. The molecule has 0 saturated carbocycles.